The first kappa shape index (κ1) is 18.8. The molecule has 0 unspecified atom stereocenters. The molecule has 8 heteroatoms. The summed E-state index contributed by atoms with van der Waals surface area (Å²) in [4.78, 5) is 16.7. The van der Waals surface area contributed by atoms with Gasteiger partial charge in [0.2, 0.25) is 5.82 Å². The number of halogens is 1. The van der Waals surface area contributed by atoms with Crippen molar-refractivity contribution in [3.63, 3.8) is 0 Å². The molecule has 2 heterocycles. The fourth-order valence-electron chi connectivity index (χ4n) is 2.15. The molecule has 3 rings (SSSR count). The Morgan fingerprint density at radius 3 is 2.48 bits per heavy atom. The Balaban J connectivity index is 0.00000225. The van der Waals surface area contributed by atoms with Gasteiger partial charge in [-0.05, 0) is 26.3 Å². The lowest BCUT2D eigenvalue weighted by Gasteiger charge is -2.18. The van der Waals surface area contributed by atoms with Gasteiger partial charge in [0.1, 0.15) is 0 Å². The molecule has 0 saturated heterocycles. The van der Waals surface area contributed by atoms with Gasteiger partial charge in [-0.2, -0.15) is 10.1 Å². The van der Waals surface area contributed by atoms with Crippen LogP contribution in [0, 0.1) is 0 Å². The van der Waals surface area contributed by atoms with Crippen LogP contribution in [0.25, 0.3) is 11.4 Å². The van der Waals surface area contributed by atoms with E-state index < -0.39 is 0 Å². The summed E-state index contributed by atoms with van der Waals surface area (Å²) in [6.07, 6.45) is 3.19. The molecule has 0 saturated carbocycles. The predicted molar refractivity (Wildman–Crippen MR) is 95.5 cm³/mol. The van der Waals surface area contributed by atoms with E-state index in [1.807, 2.05) is 45.0 Å². The minimum atomic E-state index is -0.345. The molecule has 2 N–H and O–H groups in total. The smallest absolute Gasteiger partial charge is 0.299 e. The number of carbonyl (C=O) groups is 1. The summed E-state index contributed by atoms with van der Waals surface area (Å²) in [5, 5.41) is 8.09. The van der Waals surface area contributed by atoms with Gasteiger partial charge in [-0.15, -0.1) is 12.4 Å². The third-order valence-corrected chi connectivity index (χ3v) is 3.60. The van der Waals surface area contributed by atoms with E-state index in [1.54, 1.807) is 10.9 Å². The molecule has 0 aliphatic rings. The first-order chi connectivity index (χ1) is 11.4. The van der Waals surface area contributed by atoms with Crippen LogP contribution in [0.15, 0.2) is 41.2 Å². The van der Waals surface area contributed by atoms with E-state index in [0.717, 1.165) is 11.1 Å². The molecular formula is C17H20ClN5O2. The van der Waals surface area contributed by atoms with Crippen molar-refractivity contribution in [1.29, 1.82) is 0 Å². The van der Waals surface area contributed by atoms with Crippen molar-refractivity contribution in [3.8, 4) is 11.4 Å². The van der Waals surface area contributed by atoms with Crippen molar-refractivity contribution in [2.45, 2.75) is 32.9 Å². The van der Waals surface area contributed by atoms with Gasteiger partial charge in [-0.1, -0.05) is 29.4 Å². The van der Waals surface area contributed by atoms with Gasteiger partial charge < -0.3 is 10.3 Å². The summed E-state index contributed by atoms with van der Waals surface area (Å²) >= 11 is 0. The molecule has 0 atom stereocenters. The molecule has 0 radical (unpaired) electrons. The second-order valence-corrected chi connectivity index (χ2v) is 6.50. The summed E-state index contributed by atoms with van der Waals surface area (Å²) in [5.74, 6) is -0.0330. The average Bonchev–Trinajstić information content (AvgIpc) is 3.23. The highest BCUT2D eigenvalue weighted by Gasteiger charge is 2.22. The number of nitrogens with two attached hydrogens (primary N) is 1. The van der Waals surface area contributed by atoms with E-state index in [2.05, 4.69) is 15.2 Å². The van der Waals surface area contributed by atoms with E-state index in [9.17, 15) is 4.79 Å². The summed E-state index contributed by atoms with van der Waals surface area (Å²) in [6, 6.07) is 7.47. The van der Waals surface area contributed by atoms with Gasteiger partial charge >= 0.3 is 0 Å². The second-order valence-electron chi connectivity index (χ2n) is 6.50. The highest BCUT2D eigenvalue weighted by molar-refractivity contribution is 6.05. The molecule has 0 aliphatic carbocycles. The first-order valence-electron chi connectivity index (χ1n) is 7.61. The zero-order valence-corrected chi connectivity index (χ0v) is 15.1. The fourth-order valence-corrected chi connectivity index (χ4v) is 2.15. The molecule has 0 spiro atoms. The van der Waals surface area contributed by atoms with E-state index >= 15 is 0 Å². The molecular weight excluding hydrogens is 342 g/mol. The number of hydrogen-bond donors (Lipinski definition) is 1. The standard InChI is InChI=1S/C17H19N5O2.ClH/c1-17(2,3)22-10-13(9-19-22)14(23)16-20-15(21-24-16)12-6-4-11(8-18)5-7-12;/h4-7,9-10H,8,18H2,1-3H3;1H. The van der Waals surface area contributed by atoms with Gasteiger partial charge in [-0.25, -0.2) is 0 Å². The molecule has 0 amide bonds. The number of carbonyl (C=O) groups excluding carboxylic acids is 1. The predicted octanol–water partition coefficient (Wildman–Crippen LogP) is 2.80. The maximum Gasteiger partial charge on any atom is 0.299 e. The maximum absolute atomic E-state index is 12.5. The Morgan fingerprint density at radius 2 is 1.92 bits per heavy atom. The van der Waals surface area contributed by atoms with Crippen LogP contribution < -0.4 is 5.73 Å². The Hall–Kier alpha value is -2.51. The Bertz CT molecular complexity index is 862. The number of nitrogens with zero attached hydrogens (tertiary/aromatic N) is 4. The van der Waals surface area contributed by atoms with Crippen molar-refractivity contribution in [2.75, 3.05) is 0 Å². The summed E-state index contributed by atoms with van der Waals surface area (Å²) in [5.41, 5.74) is 7.56. The Morgan fingerprint density at radius 1 is 1.24 bits per heavy atom. The summed E-state index contributed by atoms with van der Waals surface area (Å²) < 4.78 is 6.84. The zero-order chi connectivity index (χ0) is 17.3. The van der Waals surface area contributed by atoms with E-state index in [0.29, 0.717) is 17.9 Å². The number of rotatable bonds is 4. The molecule has 0 fully saturated rings. The monoisotopic (exact) mass is 361 g/mol. The van der Waals surface area contributed by atoms with Crippen molar-refractivity contribution < 1.29 is 9.32 Å². The normalized spacial score (nSPS) is 11.2. The zero-order valence-electron chi connectivity index (χ0n) is 14.3. The molecule has 3 aromatic rings. The number of hydrogen-bond acceptors (Lipinski definition) is 6. The van der Waals surface area contributed by atoms with Crippen LogP contribution in [0.1, 0.15) is 42.6 Å². The Labute approximate surface area is 151 Å². The molecule has 0 aliphatic heterocycles. The van der Waals surface area contributed by atoms with Gasteiger partial charge in [0, 0.05) is 18.3 Å². The molecule has 1 aromatic carbocycles. The molecule has 25 heavy (non-hydrogen) atoms. The van der Waals surface area contributed by atoms with Crippen molar-refractivity contribution in [1.82, 2.24) is 19.9 Å². The van der Waals surface area contributed by atoms with Crippen LogP contribution in [-0.2, 0) is 12.1 Å². The topological polar surface area (TPSA) is 99.8 Å². The fraction of sp³-hybridized carbons (Fsp3) is 0.294. The minimum Gasteiger partial charge on any atom is -0.330 e. The quantitative estimate of drug-likeness (QED) is 0.717. The van der Waals surface area contributed by atoms with Crippen LogP contribution in [0.4, 0.5) is 0 Å². The number of aromatic nitrogens is 4. The third kappa shape index (κ3) is 3.94. The van der Waals surface area contributed by atoms with Gasteiger partial charge in [0.15, 0.2) is 0 Å². The first-order valence-corrected chi connectivity index (χ1v) is 7.61. The highest BCUT2D eigenvalue weighted by Crippen LogP contribution is 2.19. The summed E-state index contributed by atoms with van der Waals surface area (Å²) in [6.45, 7) is 6.48. The van der Waals surface area contributed by atoms with Crippen LogP contribution in [0.3, 0.4) is 0 Å². The van der Waals surface area contributed by atoms with Crippen LogP contribution in [-0.4, -0.2) is 25.7 Å². The van der Waals surface area contributed by atoms with Crippen molar-refractivity contribution in [2.24, 2.45) is 5.73 Å². The molecule has 132 valence electrons. The van der Waals surface area contributed by atoms with Crippen LogP contribution in [0.5, 0.6) is 0 Å². The van der Waals surface area contributed by atoms with Crippen molar-refractivity contribution in [3.05, 3.63) is 53.7 Å². The number of ketones is 1. The van der Waals surface area contributed by atoms with E-state index in [1.165, 1.54) is 6.20 Å². The van der Waals surface area contributed by atoms with Gasteiger partial charge in [-0.3, -0.25) is 9.48 Å². The lowest BCUT2D eigenvalue weighted by atomic mass is 10.1. The van der Waals surface area contributed by atoms with Gasteiger partial charge in [0.05, 0.1) is 17.3 Å². The largest absolute Gasteiger partial charge is 0.330 e. The lowest BCUT2D eigenvalue weighted by molar-refractivity contribution is 0.0994. The highest BCUT2D eigenvalue weighted by atomic mass is 35.5. The number of benzene rings is 1. The third-order valence-electron chi connectivity index (χ3n) is 3.60. The second kappa shape index (κ2) is 7.16. The lowest BCUT2D eigenvalue weighted by Crippen LogP contribution is -2.22. The molecule has 2 aromatic heterocycles. The van der Waals surface area contributed by atoms with Gasteiger partial charge in [0.25, 0.3) is 11.7 Å². The molecule has 7 nitrogen and oxygen atoms in total. The van der Waals surface area contributed by atoms with E-state index in [-0.39, 0.29) is 29.6 Å². The maximum atomic E-state index is 12.5. The van der Waals surface area contributed by atoms with Crippen LogP contribution >= 0.6 is 12.4 Å². The van der Waals surface area contributed by atoms with Crippen LogP contribution in [0.2, 0.25) is 0 Å². The summed E-state index contributed by atoms with van der Waals surface area (Å²) in [7, 11) is 0. The molecule has 0 bridgehead atoms. The van der Waals surface area contributed by atoms with Crippen molar-refractivity contribution >= 4 is 18.2 Å². The van der Waals surface area contributed by atoms with E-state index in [4.69, 9.17) is 10.3 Å². The minimum absolute atomic E-state index is 0. The SMILES string of the molecule is CC(C)(C)n1cc(C(=O)c2nc(-c3ccc(CN)cc3)no2)cn1.Cl. The average molecular weight is 362 g/mol. The Kier molecular flexibility index (Phi) is 5.39.